The van der Waals surface area contributed by atoms with Crippen LogP contribution in [0.1, 0.15) is 25.6 Å². The number of aliphatic hydroxyl groups is 1. The molecule has 0 aliphatic heterocycles. The highest BCUT2D eigenvalue weighted by Crippen LogP contribution is 2.07. The smallest absolute Gasteiger partial charge is 0.158 e. The van der Waals surface area contributed by atoms with E-state index in [1.165, 1.54) is 0 Å². The number of aliphatic hydroxyl groups excluding tert-OH is 1. The van der Waals surface area contributed by atoms with Crippen LogP contribution in [0.25, 0.3) is 0 Å². The van der Waals surface area contributed by atoms with Crippen molar-refractivity contribution >= 4 is 0 Å². The van der Waals surface area contributed by atoms with E-state index >= 15 is 0 Å². The quantitative estimate of drug-likeness (QED) is 0.654. The van der Waals surface area contributed by atoms with E-state index in [1.807, 2.05) is 20.9 Å². The summed E-state index contributed by atoms with van der Waals surface area (Å²) < 4.78 is 1.79. The highest BCUT2D eigenvalue weighted by Gasteiger charge is 2.05. The maximum Gasteiger partial charge on any atom is 0.158 e. The summed E-state index contributed by atoms with van der Waals surface area (Å²) in [7, 11) is 1.86. The third-order valence-corrected chi connectivity index (χ3v) is 1.51. The molecule has 0 spiro atoms. The molecule has 1 heterocycles. The minimum atomic E-state index is -0.761. The Morgan fingerprint density at radius 3 is 2.62 bits per heavy atom. The fourth-order valence-corrected chi connectivity index (χ4v) is 0.894. The first-order valence-corrected chi connectivity index (χ1v) is 4.26. The van der Waals surface area contributed by atoms with Gasteiger partial charge in [0.2, 0.25) is 0 Å². The van der Waals surface area contributed by atoms with Gasteiger partial charge in [-0.15, -0.1) is 0 Å². The Bertz CT molecular complexity index is 330. The SMILES string of the molecule is CC(C)C#C[C@@H](O)c1cn(C)cn1. The Labute approximate surface area is 78.4 Å². The number of imidazole rings is 1. The van der Waals surface area contributed by atoms with Crippen LogP contribution in [0.15, 0.2) is 12.5 Å². The predicted octanol–water partition coefficient (Wildman–Crippen LogP) is 1.11. The van der Waals surface area contributed by atoms with Crippen LogP contribution in [-0.4, -0.2) is 14.7 Å². The van der Waals surface area contributed by atoms with E-state index in [-0.39, 0.29) is 5.92 Å². The molecule has 0 saturated heterocycles. The van der Waals surface area contributed by atoms with E-state index in [2.05, 4.69) is 16.8 Å². The molecule has 0 aliphatic carbocycles. The van der Waals surface area contributed by atoms with Crippen molar-refractivity contribution < 1.29 is 5.11 Å². The lowest BCUT2D eigenvalue weighted by Crippen LogP contribution is -1.94. The molecule has 13 heavy (non-hydrogen) atoms. The van der Waals surface area contributed by atoms with Crippen LogP contribution in [-0.2, 0) is 7.05 Å². The number of aromatic nitrogens is 2. The van der Waals surface area contributed by atoms with Gasteiger partial charge in [0.15, 0.2) is 6.10 Å². The van der Waals surface area contributed by atoms with Crippen LogP contribution in [0.2, 0.25) is 0 Å². The second kappa shape index (κ2) is 4.11. The fraction of sp³-hybridized carbons (Fsp3) is 0.500. The van der Waals surface area contributed by atoms with Gasteiger partial charge in [0.1, 0.15) is 0 Å². The highest BCUT2D eigenvalue weighted by molar-refractivity contribution is 5.16. The van der Waals surface area contributed by atoms with Crippen molar-refractivity contribution in [1.29, 1.82) is 0 Å². The Morgan fingerprint density at radius 1 is 1.46 bits per heavy atom. The molecule has 1 N–H and O–H groups in total. The van der Waals surface area contributed by atoms with Crippen molar-refractivity contribution in [1.82, 2.24) is 9.55 Å². The number of hydrogen-bond acceptors (Lipinski definition) is 2. The molecule has 0 unspecified atom stereocenters. The van der Waals surface area contributed by atoms with Crippen LogP contribution in [0, 0.1) is 17.8 Å². The summed E-state index contributed by atoms with van der Waals surface area (Å²) in [6, 6.07) is 0. The number of aryl methyl sites for hydroxylation is 1. The van der Waals surface area contributed by atoms with Gasteiger partial charge >= 0.3 is 0 Å². The molecular weight excluding hydrogens is 164 g/mol. The number of nitrogens with zero attached hydrogens (tertiary/aromatic N) is 2. The molecule has 1 aromatic rings. The average molecular weight is 178 g/mol. The fourth-order valence-electron chi connectivity index (χ4n) is 0.894. The molecule has 1 rings (SSSR count). The normalized spacial score (nSPS) is 12.4. The van der Waals surface area contributed by atoms with Crippen LogP contribution >= 0.6 is 0 Å². The lowest BCUT2D eigenvalue weighted by atomic mass is 10.2. The Morgan fingerprint density at radius 2 is 2.15 bits per heavy atom. The largest absolute Gasteiger partial charge is 0.374 e. The molecule has 3 nitrogen and oxygen atoms in total. The maximum absolute atomic E-state index is 9.53. The summed E-state index contributed by atoms with van der Waals surface area (Å²) in [6.45, 7) is 3.97. The summed E-state index contributed by atoms with van der Waals surface area (Å²) in [5.41, 5.74) is 0.607. The van der Waals surface area contributed by atoms with Crippen LogP contribution < -0.4 is 0 Å². The van der Waals surface area contributed by atoms with Gasteiger partial charge in [0.05, 0.1) is 12.0 Å². The molecule has 70 valence electrons. The lowest BCUT2D eigenvalue weighted by Gasteiger charge is -1.97. The van der Waals surface area contributed by atoms with Crippen molar-refractivity contribution in [2.24, 2.45) is 13.0 Å². The van der Waals surface area contributed by atoms with Crippen molar-refractivity contribution in [2.45, 2.75) is 20.0 Å². The molecule has 0 saturated carbocycles. The second-order valence-electron chi connectivity index (χ2n) is 3.31. The van der Waals surface area contributed by atoms with Crippen molar-refractivity contribution in [3.05, 3.63) is 18.2 Å². The lowest BCUT2D eigenvalue weighted by molar-refractivity contribution is 0.233. The topological polar surface area (TPSA) is 38.0 Å². The number of rotatable bonds is 1. The summed E-state index contributed by atoms with van der Waals surface area (Å²) >= 11 is 0. The summed E-state index contributed by atoms with van der Waals surface area (Å²) in [5.74, 6) is 5.92. The molecule has 0 aromatic carbocycles. The van der Waals surface area contributed by atoms with Crippen LogP contribution in [0.4, 0.5) is 0 Å². The first kappa shape index (κ1) is 9.82. The van der Waals surface area contributed by atoms with Gasteiger partial charge in [-0.2, -0.15) is 0 Å². The predicted molar refractivity (Wildman–Crippen MR) is 50.8 cm³/mol. The van der Waals surface area contributed by atoms with Gasteiger partial charge in [-0.25, -0.2) is 4.98 Å². The monoisotopic (exact) mass is 178 g/mol. The molecule has 0 aliphatic rings. The highest BCUT2D eigenvalue weighted by atomic mass is 16.3. The van der Waals surface area contributed by atoms with Gasteiger partial charge in [-0.1, -0.05) is 25.7 Å². The molecule has 1 aromatic heterocycles. The Balaban J connectivity index is 2.70. The third kappa shape index (κ3) is 2.92. The summed E-state index contributed by atoms with van der Waals surface area (Å²) in [4.78, 5) is 4.00. The molecule has 3 heteroatoms. The zero-order valence-electron chi connectivity index (χ0n) is 8.15. The zero-order valence-corrected chi connectivity index (χ0v) is 8.15. The van der Waals surface area contributed by atoms with E-state index in [1.54, 1.807) is 17.1 Å². The minimum Gasteiger partial charge on any atom is -0.374 e. The van der Waals surface area contributed by atoms with Gasteiger partial charge < -0.3 is 9.67 Å². The second-order valence-corrected chi connectivity index (χ2v) is 3.31. The van der Waals surface area contributed by atoms with Gasteiger partial charge in [-0.3, -0.25) is 0 Å². The Kier molecular flexibility index (Phi) is 3.10. The molecule has 0 fully saturated rings. The first-order chi connectivity index (χ1) is 6.09. The van der Waals surface area contributed by atoms with Gasteiger partial charge in [-0.05, 0) is 0 Å². The molecule has 1 atom stereocenters. The van der Waals surface area contributed by atoms with Crippen LogP contribution in [0.3, 0.4) is 0 Å². The van der Waals surface area contributed by atoms with E-state index in [4.69, 9.17) is 0 Å². The van der Waals surface area contributed by atoms with Gasteiger partial charge in [0.25, 0.3) is 0 Å². The van der Waals surface area contributed by atoms with Crippen molar-refractivity contribution in [3.63, 3.8) is 0 Å². The van der Waals surface area contributed by atoms with E-state index in [9.17, 15) is 5.11 Å². The van der Waals surface area contributed by atoms with Crippen molar-refractivity contribution in [2.75, 3.05) is 0 Å². The van der Waals surface area contributed by atoms with Gasteiger partial charge in [0, 0.05) is 19.2 Å². The van der Waals surface area contributed by atoms with E-state index < -0.39 is 6.10 Å². The zero-order chi connectivity index (χ0) is 9.84. The average Bonchev–Trinajstić information content (AvgIpc) is 2.47. The first-order valence-electron chi connectivity index (χ1n) is 4.26. The summed E-state index contributed by atoms with van der Waals surface area (Å²) in [6.07, 6.45) is 2.65. The molecular formula is C10H14N2O. The molecule has 0 bridgehead atoms. The molecule has 0 amide bonds. The Hall–Kier alpha value is -1.27. The number of hydrogen-bond donors (Lipinski definition) is 1. The maximum atomic E-state index is 9.53. The van der Waals surface area contributed by atoms with Crippen LogP contribution in [0.5, 0.6) is 0 Å². The summed E-state index contributed by atoms with van der Waals surface area (Å²) in [5, 5.41) is 9.53. The van der Waals surface area contributed by atoms with E-state index in [0.29, 0.717) is 5.69 Å². The minimum absolute atomic E-state index is 0.276. The third-order valence-electron chi connectivity index (χ3n) is 1.51. The molecule has 0 radical (unpaired) electrons. The standard InChI is InChI=1S/C10H14N2O/c1-8(2)4-5-10(13)9-6-12(3)7-11-9/h6-8,10,13H,1-3H3/t10-/m1/s1. The van der Waals surface area contributed by atoms with Crippen molar-refractivity contribution in [3.8, 4) is 11.8 Å². The van der Waals surface area contributed by atoms with E-state index in [0.717, 1.165) is 0 Å².